The number of nitro groups is 1. The van der Waals surface area contributed by atoms with Gasteiger partial charge in [0.15, 0.2) is 0 Å². The van der Waals surface area contributed by atoms with Gasteiger partial charge in [0.25, 0.3) is 5.69 Å². The molecule has 0 aliphatic heterocycles. The van der Waals surface area contributed by atoms with Crippen LogP contribution in [0.25, 0.3) is 0 Å². The summed E-state index contributed by atoms with van der Waals surface area (Å²) >= 11 is 0. The first-order valence-corrected chi connectivity index (χ1v) is 7.72. The summed E-state index contributed by atoms with van der Waals surface area (Å²) in [4.78, 5) is 21.4. The van der Waals surface area contributed by atoms with Crippen LogP contribution in [-0.4, -0.2) is 45.7 Å². The van der Waals surface area contributed by atoms with Crippen molar-refractivity contribution in [1.82, 2.24) is 0 Å². The Morgan fingerprint density at radius 2 is 1.96 bits per heavy atom. The van der Waals surface area contributed by atoms with Crippen molar-refractivity contribution < 1.29 is 29.8 Å². The molecule has 9 heteroatoms. The molecule has 2 rings (SSSR count). The zero-order valence-electron chi connectivity index (χ0n) is 14.0. The molecule has 0 radical (unpaired) electrons. The standard InChI is InChI=1S/C18H16N2O7/c21-10-14(22)11-27-17-9-15(19-18(23)24)16(20(25)26)8-13(17)7-6-12-4-2-1-3-5-12/h1-5,8-9,14,19,21-22H,10-11H2,(H,23,24). The first-order chi connectivity index (χ1) is 12.9. The minimum Gasteiger partial charge on any atom is -0.489 e. The highest BCUT2D eigenvalue weighted by atomic mass is 16.6. The number of nitrogens with one attached hydrogen (secondary N) is 1. The number of anilines is 1. The molecule has 0 heterocycles. The topological polar surface area (TPSA) is 142 Å². The van der Waals surface area contributed by atoms with Crippen LogP contribution in [-0.2, 0) is 0 Å². The Labute approximate surface area is 154 Å². The zero-order valence-corrected chi connectivity index (χ0v) is 14.0. The lowest BCUT2D eigenvalue weighted by Crippen LogP contribution is -2.21. The van der Waals surface area contributed by atoms with Gasteiger partial charge in [0.1, 0.15) is 24.1 Å². The lowest BCUT2D eigenvalue weighted by molar-refractivity contribution is -0.384. The van der Waals surface area contributed by atoms with E-state index in [1.165, 1.54) is 0 Å². The van der Waals surface area contributed by atoms with Crippen LogP contribution in [0.15, 0.2) is 42.5 Å². The van der Waals surface area contributed by atoms with E-state index in [2.05, 4.69) is 11.8 Å². The van der Waals surface area contributed by atoms with Crippen molar-refractivity contribution in [3.05, 3.63) is 63.7 Å². The molecule has 1 unspecified atom stereocenters. The molecule has 0 aliphatic rings. The Kier molecular flexibility index (Phi) is 6.71. The number of rotatable bonds is 6. The second kappa shape index (κ2) is 9.19. The molecule has 2 aromatic carbocycles. The number of ether oxygens (including phenoxy) is 1. The summed E-state index contributed by atoms with van der Waals surface area (Å²) in [6.45, 7) is -0.848. The van der Waals surface area contributed by atoms with Gasteiger partial charge in [-0.1, -0.05) is 30.0 Å². The Morgan fingerprint density at radius 1 is 1.26 bits per heavy atom. The summed E-state index contributed by atoms with van der Waals surface area (Å²) in [5.74, 6) is 5.60. The predicted octanol–water partition coefficient (Wildman–Crippen LogP) is 1.82. The van der Waals surface area contributed by atoms with Crippen molar-refractivity contribution >= 4 is 17.5 Å². The van der Waals surface area contributed by atoms with Crippen molar-refractivity contribution in [3.8, 4) is 17.6 Å². The van der Waals surface area contributed by atoms with Crippen LogP contribution in [0.3, 0.4) is 0 Å². The highest BCUT2D eigenvalue weighted by molar-refractivity contribution is 5.87. The van der Waals surface area contributed by atoms with Crippen molar-refractivity contribution in [2.45, 2.75) is 6.10 Å². The van der Waals surface area contributed by atoms with Gasteiger partial charge >= 0.3 is 6.09 Å². The van der Waals surface area contributed by atoms with Crippen LogP contribution < -0.4 is 10.1 Å². The van der Waals surface area contributed by atoms with Crippen LogP contribution in [0, 0.1) is 22.0 Å². The quantitative estimate of drug-likeness (QED) is 0.344. The van der Waals surface area contributed by atoms with E-state index >= 15 is 0 Å². The molecule has 0 saturated heterocycles. The van der Waals surface area contributed by atoms with Gasteiger partial charge in [-0.15, -0.1) is 0 Å². The van der Waals surface area contributed by atoms with Crippen LogP contribution in [0.5, 0.6) is 5.75 Å². The summed E-state index contributed by atoms with van der Waals surface area (Å²) in [7, 11) is 0. The smallest absolute Gasteiger partial charge is 0.409 e. The number of nitrogens with zero attached hydrogens (tertiary/aromatic N) is 1. The number of benzene rings is 2. The van der Waals surface area contributed by atoms with E-state index in [-0.39, 0.29) is 23.6 Å². The second-order valence-corrected chi connectivity index (χ2v) is 5.32. The molecule has 27 heavy (non-hydrogen) atoms. The van der Waals surface area contributed by atoms with Gasteiger partial charge < -0.3 is 20.1 Å². The van der Waals surface area contributed by atoms with Crippen LogP contribution in [0.2, 0.25) is 0 Å². The Morgan fingerprint density at radius 3 is 2.56 bits per heavy atom. The molecule has 1 amide bonds. The van der Waals surface area contributed by atoms with Crippen LogP contribution >= 0.6 is 0 Å². The average molecular weight is 372 g/mol. The van der Waals surface area contributed by atoms with Gasteiger partial charge in [0.2, 0.25) is 0 Å². The number of aliphatic hydroxyl groups excluding tert-OH is 2. The number of carbonyl (C=O) groups is 1. The molecular formula is C18H16N2O7. The first-order valence-electron chi connectivity index (χ1n) is 7.72. The van der Waals surface area contributed by atoms with Crippen molar-refractivity contribution in [3.63, 3.8) is 0 Å². The number of carboxylic acid groups (broad SMARTS) is 1. The molecule has 1 atom stereocenters. The zero-order chi connectivity index (χ0) is 19.8. The third-order valence-electron chi connectivity index (χ3n) is 3.29. The molecule has 0 spiro atoms. The van der Waals surface area contributed by atoms with E-state index in [1.54, 1.807) is 24.3 Å². The van der Waals surface area contributed by atoms with Crippen LogP contribution in [0.4, 0.5) is 16.2 Å². The molecule has 0 aromatic heterocycles. The maximum Gasteiger partial charge on any atom is 0.409 e. The Balaban J connectivity index is 2.50. The van der Waals surface area contributed by atoms with Gasteiger partial charge in [0, 0.05) is 17.7 Å². The molecule has 0 bridgehead atoms. The molecular weight excluding hydrogens is 356 g/mol. The van der Waals surface area contributed by atoms with Gasteiger partial charge in [-0.3, -0.25) is 15.4 Å². The first kappa shape index (κ1) is 19.7. The highest BCUT2D eigenvalue weighted by Crippen LogP contribution is 2.32. The van der Waals surface area contributed by atoms with Crippen LogP contribution in [0.1, 0.15) is 11.1 Å². The van der Waals surface area contributed by atoms with Crippen molar-refractivity contribution in [2.75, 3.05) is 18.5 Å². The summed E-state index contributed by atoms with van der Waals surface area (Å²) in [6, 6.07) is 11.1. The second-order valence-electron chi connectivity index (χ2n) is 5.32. The van der Waals surface area contributed by atoms with E-state index in [9.17, 15) is 20.0 Å². The summed E-state index contributed by atoms with van der Waals surface area (Å²) in [5.41, 5.74) is -0.00284. The summed E-state index contributed by atoms with van der Waals surface area (Å²) in [6.07, 6.45) is -2.66. The van der Waals surface area contributed by atoms with E-state index < -0.39 is 29.4 Å². The number of nitro benzene ring substituents is 1. The SMILES string of the molecule is O=C(O)Nc1cc(OCC(O)CO)c(C#Cc2ccccc2)cc1[N+](=O)[O-]. The maximum atomic E-state index is 11.3. The van der Waals surface area contributed by atoms with E-state index in [0.717, 1.165) is 12.1 Å². The Hall–Kier alpha value is -3.61. The maximum absolute atomic E-state index is 11.3. The fourth-order valence-electron chi connectivity index (χ4n) is 2.05. The summed E-state index contributed by atoms with van der Waals surface area (Å²) < 4.78 is 5.37. The van der Waals surface area contributed by atoms with E-state index in [0.29, 0.717) is 5.56 Å². The average Bonchev–Trinajstić information content (AvgIpc) is 2.65. The molecule has 140 valence electrons. The van der Waals surface area contributed by atoms with E-state index in [4.69, 9.17) is 14.9 Å². The van der Waals surface area contributed by atoms with E-state index in [1.807, 2.05) is 11.4 Å². The summed E-state index contributed by atoms with van der Waals surface area (Å²) in [5, 5.41) is 40.4. The Bertz CT molecular complexity index is 888. The normalized spacial score (nSPS) is 11.0. The monoisotopic (exact) mass is 372 g/mol. The van der Waals surface area contributed by atoms with Gasteiger partial charge in [-0.05, 0) is 12.1 Å². The molecule has 0 fully saturated rings. The number of hydrogen-bond donors (Lipinski definition) is 4. The lowest BCUT2D eigenvalue weighted by Gasteiger charge is -2.13. The van der Waals surface area contributed by atoms with Gasteiger partial charge in [-0.2, -0.15) is 0 Å². The third kappa shape index (κ3) is 5.71. The van der Waals surface area contributed by atoms with Crippen molar-refractivity contribution in [2.24, 2.45) is 0 Å². The van der Waals surface area contributed by atoms with Gasteiger partial charge in [0.05, 0.1) is 17.1 Å². The molecule has 0 aliphatic carbocycles. The largest absolute Gasteiger partial charge is 0.489 e. The number of aliphatic hydroxyl groups is 2. The highest BCUT2D eigenvalue weighted by Gasteiger charge is 2.20. The minimum atomic E-state index is -1.48. The number of hydrogen-bond acceptors (Lipinski definition) is 6. The predicted molar refractivity (Wildman–Crippen MR) is 95.8 cm³/mol. The van der Waals surface area contributed by atoms with Gasteiger partial charge in [-0.25, -0.2) is 4.79 Å². The minimum absolute atomic E-state index is 0.0280. The molecule has 0 saturated carbocycles. The van der Waals surface area contributed by atoms with Crippen molar-refractivity contribution in [1.29, 1.82) is 0 Å². The third-order valence-corrected chi connectivity index (χ3v) is 3.29. The number of amides is 1. The fourth-order valence-corrected chi connectivity index (χ4v) is 2.05. The molecule has 9 nitrogen and oxygen atoms in total. The lowest BCUT2D eigenvalue weighted by atomic mass is 10.1. The molecule has 4 N–H and O–H groups in total. The molecule has 2 aromatic rings. The fraction of sp³-hybridized carbons (Fsp3) is 0.167.